The van der Waals surface area contributed by atoms with Crippen molar-refractivity contribution in [3.63, 3.8) is 0 Å². The lowest BCUT2D eigenvalue weighted by Gasteiger charge is -2.41. The van der Waals surface area contributed by atoms with Gasteiger partial charge in [-0.25, -0.2) is 8.42 Å². The molecule has 0 radical (unpaired) electrons. The van der Waals surface area contributed by atoms with Crippen molar-refractivity contribution in [2.45, 2.75) is 37.2 Å². The molecule has 0 spiro atoms. The van der Waals surface area contributed by atoms with E-state index in [1.807, 2.05) is 31.2 Å². The fourth-order valence-corrected chi connectivity index (χ4v) is 6.25. The van der Waals surface area contributed by atoms with Crippen molar-refractivity contribution in [1.29, 1.82) is 0 Å². The molecule has 0 atom stereocenters. The summed E-state index contributed by atoms with van der Waals surface area (Å²) in [5.74, 6) is -1.00. The molecule has 2 heterocycles. The number of hydrogen-bond donors (Lipinski definition) is 0. The summed E-state index contributed by atoms with van der Waals surface area (Å²) < 4.78 is 27.3. The third-order valence-electron chi connectivity index (χ3n) is 6.15. The van der Waals surface area contributed by atoms with E-state index < -0.39 is 21.8 Å². The van der Waals surface area contributed by atoms with E-state index >= 15 is 0 Å². The summed E-state index contributed by atoms with van der Waals surface area (Å²) in [6.07, 6.45) is 0.974. The number of piperazine rings is 1. The van der Waals surface area contributed by atoms with Gasteiger partial charge in [0.25, 0.3) is 0 Å². The number of carbonyl (C=O) groups excluding carboxylic acids is 2. The van der Waals surface area contributed by atoms with Crippen molar-refractivity contribution in [3.05, 3.63) is 64.7 Å². The Morgan fingerprint density at radius 3 is 2.22 bits per heavy atom. The van der Waals surface area contributed by atoms with E-state index in [1.165, 1.54) is 10.4 Å². The molecule has 0 bridgehead atoms. The lowest BCUT2D eigenvalue weighted by Crippen LogP contribution is -2.58. The maximum Gasteiger partial charge on any atom is 0.312 e. The van der Waals surface area contributed by atoms with E-state index in [2.05, 4.69) is 0 Å². The lowest BCUT2D eigenvalue weighted by atomic mass is 10.0. The number of aryl methyl sites for hydroxylation is 1. The molecule has 4 rings (SSSR count). The molecule has 170 valence electrons. The van der Waals surface area contributed by atoms with Gasteiger partial charge in [0.2, 0.25) is 10.0 Å². The number of hydrogen-bond acceptors (Lipinski definition) is 4. The molecule has 2 fully saturated rings. The van der Waals surface area contributed by atoms with Crippen LogP contribution in [0.5, 0.6) is 0 Å². The molecular weight excluding hydrogens is 450 g/mol. The van der Waals surface area contributed by atoms with Crippen molar-refractivity contribution in [2.24, 2.45) is 0 Å². The average Bonchev–Trinajstić information content (AvgIpc) is 2.79. The quantitative estimate of drug-likeness (QED) is 0.623. The van der Waals surface area contributed by atoms with E-state index in [4.69, 9.17) is 11.6 Å². The first-order chi connectivity index (χ1) is 15.3. The minimum atomic E-state index is -3.69. The molecule has 2 aromatic rings. The highest BCUT2D eigenvalue weighted by Gasteiger charge is 2.39. The second-order valence-electron chi connectivity index (χ2n) is 8.28. The molecule has 2 aliphatic heterocycles. The summed E-state index contributed by atoms with van der Waals surface area (Å²) in [6, 6.07) is 14.2. The highest BCUT2D eigenvalue weighted by Crippen LogP contribution is 2.28. The zero-order valence-electron chi connectivity index (χ0n) is 17.9. The Hall–Kier alpha value is -2.42. The zero-order valence-corrected chi connectivity index (χ0v) is 19.5. The predicted molar refractivity (Wildman–Crippen MR) is 122 cm³/mol. The molecule has 0 saturated carbocycles. The van der Waals surface area contributed by atoms with Crippen molar-refractivity contribution in [3.8, 4) is 0 Å². The largest absolute Gasteiger partial charge is 0.330 e. The Morgan fingerprint density at radius 2 is 1.56 bits per heavy atom. The van der Waals surface area contributed by atoms with Crippen molar-refractivity contribution >= 4 is 33.4 Å². The maximum atomic E-state index is 12.9. The van der Waals surface area contributed by atoms with Gasteiger partial charge in [-0.15, -0.1) is 0 Å². The van der Waals surface area contributed by atoms with Gasteiger partial charge in [-0.1, -0.05) is 53.6 Å². The van der Waals surface area contributed by atoms with Gasteiger partial charge in [0.05, 0.1) is 5.02 Å². The Labute approximate surface area is 193 Å². The van der Waals surface area contributed by atoms with E-state index in [0.29, 0.717) is 32.5 Å². The van der Waals surface area contributed by atoms with Gasteiger partial charge < -0.3 is 9.80 Å². The fraction of sp³-hybridized carbons (Fsp3) is 0.391. The van der Waals surface area contributed by atoms with Crippen LogP contribution >= 0.6 is 11.6 Å². The van der Waals surface area contributed by atoms with Gasteiger partial charge in [0.1, 0.15) is 4.90 Å². The lowest BCUT2D eigenvalue weighted by molar-refractivity contribution is -0.158. The third-order valence-corrected chi connectivity index (χ3v) is 8.55. The molecule has 2 aromatic carbocycles. The Morgan fingerprint density at radius 1 is 0.906 bits per heavy atom. The highest BCUT2D eigenvalue weighted by atomic mass is 35.5. The van der Waals surface area contributed by atoms with Crippen molar-refractivity contribution in [2.75, 3.05) is 26.2 Å². The zero-order chi connectivity index (χ0) is 22.9. The first-order valence-electron chi connectivity index (χ1n) is 10.7. The number of amides is 2. The molecule has 32 heavy (non-hydrogen) atoms. The first-order valence-corrected chi connectivity index (χ1v) is 12.5. The van der Waals surface area contributed by atoms with E-state index in [9.17, 15) is 18.0 Å². The van der Waals surface area contributed by atoms with Gasteiger partial charge in [-0.2, -0.15) is 4.31 Å². The maximum absolute atomic E-state index is 12.9. The molecular formula is C23H26ClN3O4S. The number of nitrogens with zero attached hydrogens (tertiary/aromatic N) is 3. The van der Waals surface area contributed by atoms with Crippen LogP contribution < -0.4 is 0 Å². The van der Waals surface area contributed by atoms with Crippen LogP contribution in [-0.4, -0.2) is 66.6 Å². The number of sulfonamides is 1. The van der Waals surface area contributed by atoms with Gasteiger partial charge in [-0.05, 0) is 37.5 Å². The van der Waals surface area contributed by atoms with Crippen LogP contribution in [0.25, 0.3) is 0 Å². The number of benzene rings is 2. The number of piperidine rings is 1. The number of rotatable bonds is 5. The fourth-order valence-electron chi connectivity index (χ4n) is 4.29. The van der Waals surface area contributed by atoms with Crippen LogP contribution in [0.4, 0.5) is 0 Å². The van der Waals surface area contributed by atoms with Crippen LogP contribution in [-0.2, 0) is 26.2 Å². The molecule has 9 heteroatoms. The first kappa shape index (κ1) is 22.8. The second-order valence-corrected chi connectivity index (χ2v) is 10.6. The van der Waals surface area contributed by atoms with Crippen molar-refractivity contribution < 1.29 is 18.0 Å². The second kappa shape index (κ2) is 9.21. The van der Waals surface area contributed by atoms with Crippen LogP contribution in [0.1, 0.15) is 24.0 Å². The number of halogens is 1. The molecule has 7 nitrogen and oxygen atoms in total. The molecule has 2 amide bonds. The molecule has 2 aliphatic rings. The number of carbonyl (C=O) groups is 2. The molecule has 0 aliphatic carbocycles. The Kier molecular flexibility index (Phi) is 6.55. The monoisotopic (exact) mass is 475 g/mol. The standard InChI is InChI=1S/C23H26ClN3O4S/c1-17-6-8-18(9-7-17)16-25-14-15-27(23(29)22(25)28)19-10-12-26(13-11-19)32(30,31)21-5-3-2-4-20(21)24/h2-9,19H,10-16H2,1H3. The Bertz CT molecular complexity index is 1110. The van der Waals surface area contributed by atoms with Crippen LogP contribution in [0, 0.1) is 6.92 Å². The summed E-state index contributed by atoms with van der Waals surface area (Å²) in [5, 5.41) is 0.195. The van der Waals surface area contributed by atoms with Gasteiger partial charge in [-0.3, -0.25) is 9.59 Å². The Balaban J connectivity index is 1.37. The van der Waals surface area contributed by atoms with E-state index in [1.54, 1.807) is 28.0 Å². The predicted octanol–water partition coefficient (Wildman–Crippen LogP) is 2.67. The normalized spacial score (nSPS) is 18.9. The minimum absolute atomic E-state index is 0.0936. The van der Waals surface area contributed by atoms with Gasteiger partial charge in [0.15, 0.2) is 0 Å². The van der Waals surface area contributed by atoms with Crippen molar-refractivity contribution in [1.82, 2.24) is 14.1 Å². The van der Waals surface area contributed by atoms with E-state index in [0.717, 1.165) is 11.1 Å². The smallest absolute Gasteiger partial charge is 0.312 e. The molecule has 0 N–H and O–H groups in total. The van der Waals surface area contributed by atoms with E-state index in [-0.39, 0.29) is 29.0 Å². The van der Waals surface area contributed by atoms with Crippen LogP contribution in [0.2, 0.25) is 5.02 Å². The van der Waals surface area contributed by atoms with Gasteiger partial charge in [0, 0.05) is 38.8 Å². The summed E-state index contributed by atoms with van der Waals surface area (Å²) in [4.78, 5) is 28.8. The third kappa shape index (κ3) is 4.53. The van der Waals surface area contributed by atoms with Crippen LogP contribution in [0.3, 0.4) is 0 Å². The topological polar surface area (TPSA) is 78.0 Å². The summed E-state index contributed by atoms with van der Waals surface area (Å²) >= 11 is 6.09. The average molecular weight is 476 g/mol. The SMILES string of the molecule is Cc1ccc(CN2CCN(C3CCN(S(=O)(=O)c4ccccc4Cl)CC3)C(=O)C2=O)cc1. The van der Waals surface area contributed by atoms with Gasteiger partial charge >= 0.3 is 11.8 Å². The van der Waals surface area contributed by atoms with Crippen LogP contribution in [0.15, 0.2) is 53.4 Å². The minimum Gasteiger partial charge on any atom is -0.330 e. The molecule has 0 aromatic heterocycles. The molecule has 0 unspecified atom stereocenters. The summed E-state index contributed by atoms with van der Waals surface area (Å²) in [5.41, 5.74) is 2.13. The molecule has 2 saturated heterocycles. The summed E-state index contributed by atoms with van der Waals surface area (Å²) in [6.45, 7) is 3.90. The summed E-state index contributed by atoms with van der Waals surface area (Å²) in [7, 11) is -3.69. The highest BCUT2D eigenvalue weighted by molar-refractivity contribution is 7.89.